The molecule has 0 unspecified atom stereocenters. The lowest BCUT2D eigenvalue weighted by atomic mass is 10.2. The molecule has 0 fully saturated rings. The third-order valence-electron chi connectivity index (χ3n) is 4.60. The third-order valence-corrected chi connectivity index (χ3v) is 6.20. The first-order valence-corrected chi connectivity index (χ1v) is 10.5. The number of rotatable bonds is 7. The fourth-order valence-electron chi connectivity index (χ4n) is 2.99. The van der Waals surface area contributed by atoms with Crippen molar-refractivity contribution < 1.29 is 13.2 Å². The SMILES string of the molecule is Cc1ccc(C)c(S(=O)(=O)NCCC(=O)NCc2nc3ccccc3n2C)c1. The first kappa shape index (κ1) is 20.0. The van der Waals surface area contributed by atoms with E-state index in [4.69, 9.17) is 0 Å². The normalized spacial score (nSPS) is 11.7. The highest BCUT2D eigenvalue weighted by Gasteiger charge is 2.17. The number of aryl methyl sites for hydroxylation is 3. The highest BCUT2D eigenvalue weighted by atomic mass is 32.2. The van der Waals surface area contributed by atoms with Crippen molar-refractivity contribution in [3.63, 3.8) is 0 Å². The van der Waals surface area contributed by atoms with Crippen LogP contribution in [0.4, 0.5) is 0 Å². The summed E-state index contributed by atoms with van der Waals surface area (Å²) < 4.78 is 29.3. The van der Waals surface area contributed by atoms with Gasteiger partial charge in [0.15, 0.2) is 0 Å². The summed E-state index contributed by atoms with van der Waals surface area (Å²) in [5.41, 5.74) is 3.40. The molecule has 0 aliphatic heterocycles. The van der Waals surface area contributed by atoms with Crippen molar-refractivity contribution in [2.24, 2.45) is 7.05 Å². The minimum Gasteiger partial charge on any atom is -0.349 e. The van der Waals surface area contributed by atoms with Gasteiger partial charge in [0.25, 0.3) is 0 Å². The second kappa shape index (κ2) is 8.12. The summed E-state index contributed by atoms with van der Waals surface area (Å²) in [4.78, 5) is 16.8. The number of fused-ring (bicyclic) bond motifs is 1. The molecule has 1 aromatic heterocycles. The molecular weight excluding hydrogens is 376 g/mol. The number of aromatic nitrogens is 2. The van der Waals surface area contributed by atoms with Crippen LogP contribution in [0.15, 0.2) is 47.4 Å². The number of imidazole rings is 1. The molecule has 0 radical (unpaired) electrons. The molecule has 0 spiro atoms. The second-order valence-corrected chi connectivity index (χ2v) is 8.50. The Morgan fingerprint density at radius 1 is 1.14 bits per heavy atom. The zero-order valence-corrected chi connectivity index (χ0v) is 17.0. The van der Waals surface area contributed by atoms with Crippen LogP contribution in [-0.2, 0) is 28.4 Å². The highest BCUT2D eigenvalue weighted by Crippen LogP contribution is 2.16. The van der Waals surface area contributed by atoms with Gasteiger partial charge < -0.3 is 9.88 Å². The Bertz CT molecular complexity index is 1120. The molecule has 2 N–H and O–H groups in total. The molecule has 3 aromatic rings. The van der Waals surface area contributed by atoms with E-state index in [2.05, 4.69) is 15.0 Å². The van der Waals surface area contributed by atoms with Crippen LogP contribution in [-0.4, -0.2) is 30.4 Å². The largest absolute Gasteiger partial charge is 0.349 e. The van der Waals surface area contributed by atoms with Crippen LogP contribution in [0.5, 0.6) is 0 Å². The Morgan fingerprint density at radius 3 is 2.64 bits per heavy atom. The van der Waals surface area contributed by atoms with Crippen molar-refractivity contribution in [3.8, 4) is 0 Å². The van der Waals surface area contributed by atoms with E-state index < -0.39 is 10.0 Å². The average Bonchev–Trinajstić information content (AvgIpc) is 2.98. The number of hydrogen-bond acceptors (Lipinski definition) is 4. The Labute approximate surface area is 164 Å². The van der Waals surface area contributed by atoms with Gasteiger partial charge in [-0.15, -0.1) is 0 Å². The molecule has 0 saturated carbocycles. The maximum Gasteiger partial charge on any atom is 0.240 e. The molecule has 28 heavy (non-hydrogen) atoms. The predicted octanol–water partition coefficient (Wildman–Crippen LogP) is 2.17. The monoisotopic (exact) mass is 400 g/mol. The van der Waals surface area contributed by atoms with E-state index in [9.17, 15) is 13.2 Å². The Hall–Kier alpha value is -2.71. The molecule has 148 valence electrons. The van der Waals surface area contributed by atoms with E-state index >= 15 is 0 Å². The number of sulfonamides is 1. The van der Waals surface area contributed by atoms with Crippen LogP contribution in [0.25, 0.3) is 11.0 Å². The van der Waals surface area contributed by atoms with Crippen molar-refractivity contribution >= 4 is 27.0 Å². The van der Waals surface area contributed by atoms with Crippen LogP contribution in [0.1, 0.15) is 23.4 Å². The number of para-hydroxylation sites is 2. The van der Waals surface area contributed by atoms with Gasteiger partial charge in [-0.1, -0.05) is 24.3 Å². The maximum atomic E-state index is 12.5. The topological polar surface area (TPSA) is 93.1 Å². The van der Waals surface area contributed by atoms with Crippen molar-refractivity contribution in [1.29, 1.82) is 0 Å². The Kier molecular flexibility index (Phi) is 5.81. The molecule has 0 bridgehead atoms. The van der Waals surface area contributed by atoms with Gasteiger partial charge in [-0.3, -0.25) is 4.79 Å². The van der Waals surface area contributed by atoms with Crippen LogP contribution < -0.4 is 10.0 Å². The van der Waals surface area contributed by atoms with Gasteiger partial charge >= 0.3 is 0 Å². The van der Waals surface area contributed by atoms with Gasteiger partial charge in [0.05, 0.1) is 22.5 Å². The minimum atomic E-state index is -3.65. The van der Waals surface area contributed by atoms with Crippen LogP contribution in [0.2, 0.25) is 0 Å². The number of nitrogens with one attached hydrogen (secondary N) is 2. The third kappa shape index (κ3) is 4.40. The van der Waals surface area contributed by atoms with E-state index in [1.807, 2.05) is 48.9 Å². The average molecular weight is 401 g/mol. The lowest BCUT2D eigenvalue weighted by Gasteiger charge is -2.10. The summed E-state index contributed by atoms with van der Waals surface area (Å²) in [5, 5.41) is 2.79. The van der Waals surface area contributed by atoms with Gasteiger partial charge in [-0.25, -0.2) is 18.1 Å². The lowest BCUT2D eigenvalue weighted by molar-refractivity contribution is -0.121. The summed E-state index contributed by atoms with van der Waals surface area (Å²) in [6, 6.07) is 13.0. The Morgan fingerprint density at radius 2 is 1.89 bits per heavy atom. The van der Waals surface area contributed by atoms with Gasteiger partial charge in [0.1, 0.15) is 5.82 Å². The van der Waals surface area contributed by atoms with E-state index in [0.29, 0.717) is 5.56 Å². The molecule has 0 saturated heterocycles. The molecule has 1 heterocycles. The molecule has 3 rings (SSSR count). The van der Waals surface area contributed by atoms with Crippen molar-refractivity contribution in [1.82, 2.24) is 19.6 Å². The number of amides is 1. The van der Waals surface area contributed by atoms with Crippen LogP contribution in [0.3, 0.4) is 0 Å². The fourth-order valence-corrected chi connectivity index (χ4v) is 4.35. The van der Waals surface area contributed by atoms with Gasteiger partial charge in [0.2, 0.25) is 15.9 Å². The number of nitrogens with zero attached hydrogens (tertiary/aromatic N) is 2. The van der Waals surface area contributed by atoms with E-state index in [1.54, 1.807) is 19.1 Å². The molecule has 0 aliphatic carbocycles. The first-order valence-electron chi connectivity index (χ1n) is 9.02. The quantitative estimate of drug-likeness (QED) is 0.636. The predicted molar refractivity (Wildman–Crippen MR) is 108 cm³/mol. The zero-order valence-electron chi connectivity index (χ0n) is 16.2. The summed E-state index contributed by atoms with van der Waals surface area (Å²) in [7, 11) is -1.75. The molecule has 0 atom stereocenters. The lowest BCUT2D eigenvalue weighted by Crippen LogP contribution is -2.31. The number of benzene rings is 2. The molecule has 2 aromatic carbocycles. The summed E-state index contributed by atoms with van der Waals surface area (Å²) >= 11 is 0. The van der Waals surface area contributed by atoms with E-state index in [0.717, 1.165) is 22.4 Å². The molecule has 1 amide bonds. The van der Waals surface area contributed by atoms with E-state index in [1.165, 1.54) is 0 Å². The van der Waals surface area contributed by atoms with Crippen molar-refractivity contribution in [3.05, 3.63) is 59.4 Å². The van der Waals surface area contributed by atoms with Gasteiger partial charge in [-0.05, 0) is 43.2 Å². The highest BCUT2D eigenvalue weighted by molar-refractivity contribution is 7.89. The molecular formula is C20H24N4O3S. The molecule has 0 aliphatic rings. The summed E-state index contributed by atoms with van der Waals surface area (Å²) in [5.74, 6) is 0.501. The fraction of sp³-hybridized carbons (Fsp3) is 0.300. The molecule has 8 heteroatoms. The zero-order chi connectivity index (χ0) is 20.3. The Balaban J connectivity index is 1.54. The first-order chi connectivity index (χ1) is 13.3. The second-order valence-electron chi connectivity index (χ2n) is 6.77. The van der Waals surface area contributed by atoms with E-state index in [-0.39, 0.29) is 30.3 Å². The van der Waals surface area contributed by atoms with Crippen LogP contribution >= 0.6 is 0 Å². The van der Waals surface area contributed by atoms with Crippen molar-refractivity contribution in [2.75, 3.05) is 6.54 Å². The standard InChI is InChI=1S/C20H24N4O3S/c1-14-8-9-15(2)18(12-14)28(26,27)22-11-10-20(25)21-13-19-23-16-6-4-5-7-17(16)24(19)3/h4-9,12,22H,10-11,13H2,1-3H3,(H,21,25). The van der Waals surface area contributed by atoms with Gasteiger partial charge in [-0.2, -0.15) is 0 Å². The number of carbonyl (C=O) groups excluding carboxylic acids is 1. The number of carbonyl (C=O) groups is 1. The molecule has 7 nitrogen and oxygen atoms in total. The number of hydrogen-bond donors (Lipinski definition) is 2. The summed E-state index contributed by atoms with van der Waals surface area (Å²) in [6.45, 7) is 3.91. The van der Waals surface area contributed by atoms with Crippen molar-refractivity contribution in [2.45, 2.75) is 31.7 Å². The smallest absolute Gasteiger partial charge is 0.240 e. The minimum absolute atomic E-state index is 0.0318. The van der Waals surface area contributed by atoms with Gasteiger partial charge in [0, 0.05) is 20.0 Å². The maximum absolute atomic E-state index is 12.5. The van der Waals surface area contributed by atoms with Crippen LogP contribution in [0, 0.1) is 13.8 Å². The summed E-state index contributed by atoms with van der Waals surface area (Å²) in [6.07, 6.45) is 0.0496.